The molecule has 0 unspecified atom stereocenters. The molecule has 34 heavy (non-hydrogen) atoms. The van der Waals surface area contributed by atoms with Crippen molar-refractivity contribution in [1.29, 1.82) is 0 Å². The molecule has 0 amide bonds. The zero-order valence-corrected chi connectivity index (χ0v) is 19.2. The lowest BCUT2D eigenvalue weighted by molar-refractivity contribution is -0.137. The number of alkyl halides is 3. The van der Waals surface area contributed by atoms with Gasteiger partial charge in [-0.25, -0.2) is 18.4 Å². The van der Waals surface area contributed by atoms with Gasteiger partial charge in [0.2, 0.25) is 10.0 Å². The molecule has 0 bridgehead atoms. The highest BCUT2D eigenvalue weighted by Gasteiger charge is 2.30. The van der Waals surface area contributed by atoms with Gasteiger partial charge in [0.15, 0.2) is 5.82 Å². The third kappa shape index (κ3) is 5.54. The first kappa shape index (κ1) is 23.7. The number of hydrogen-bond donors (Lipinski definition) is 1. The molecular formula is C22H17ClF3N5O2S. The minimum atomic E-state index is -4.40. The van der Waals surface area contributed by atoms with Crippen molar-refractivity contribution in [3.63, 3.8) is 0 Å². The summed E-state index contributed by atoms with van der Waals surface area (Å²) >= 11 is 6.00. The molecule has 4 rings (SSSR count). The standard InChI is InChI=1S/C22H17ClF3N5O2S/c1-34(32,33)30-21-19(15-4-8-18(23)9-5-15)20(27-13-28-21)16-10-29-31(12-16)11-14-2-6-17(7-3-14)22(24,25)26/h2-10,12-13H,11H2,1H3,(H,27,28,30). The van der Waals surface area contributed by atoms with E-state index in [0.29, 0.717) is 33.0 Å². The number of benzene rings is 2. The van der Waals surface area contributed by atoms with Crippen molar-refractivity contribution in [2.75, 3.05) is 11.0 Å². The SMILES string of the molecule is CS(=O)(=O)Nc1ncnc(-c2cnn(Cc3ccc(C(F)(F)F)cc3)c2)c1-c1ccc(Cl)cc1. The van der Waals surface area contributed by atoms with Crippen LogP contribution in [-0.2, 0) is 22.7 Å². The Morgan fingerprint density at radius 2 is 1.68 bits per heavy atom. The Morgan fingerprint density at radius 1 is 1.00 bits per heavy atom. The van der Waals surface area contributed by atoms with Crippen molar-refractivity contribution >= 4 is 27.4 Å². The quantitative estimate of drug-likeness (QED) is 0.392. The van der Waals surface area contributed by atoms with Crippen LogP contribution in [0.25, 0.3) is 22.4 Å². The van der Waals surface area contributed by atoms with Gasteiger partial charge in [-0.15, -0.1) is 0 Å². The van der Waals surface area contributed by atoms with Crippen molar-refractivity contribution in [3.05, 3.63) is 83.4 Å². The van der Waals surface area contributed by atoms with Gasteiger partial charge in [-0.2, -0.15) is 18.3 Å². The first-order chi connectivity index (χ1) is 16.0. The highest BCUT2D eigenvalue weighted by atomic mass is 35.5. The number of hydrogen-bond acceptors (Lipinski definition) is 5. The summed E-state index contributed by atoms with van der Waals surface area (Å²) in [6.45, 7) is 0.230. The summed E-state index contributed by atoms with van der Waals surface area (Å²) in [5, 5.41) is 4.79. The summed E-state index contributed by atoms with van der Waals surface area (Å²) in [5.74, 6) is 0.0883. The molecule has 12 heteroatoms. The van der Waals surface area contributed by atoms with Gasteiger partial charge in [-0.3, -0.25) is 9.40 Å². The van der Waals surface area contributed by atoms with Crippen LogP contribution in [0.2, 0.25) is 5.02 Å². The molecule has 0 aliphatic carbocycles. The molecule has 0 fully saturated rings. The number of sulfonamides is 1. The smallest absolute Gasteiger partial charge is 0.268 e. The Kier molecular flexibility index (Phi) is 6.32. The van der Waals surface area contributed by atoms with Crippen molar-refractivity contribution in [1.82, 2.24) is 19.7 Å². The number of nitrogens with one attached hydrogen (secondary N) is 1. The first-order valence-electron chi connectivity index (χ1n) is 9.77. The largest absolute Gasteiger partial charge is 0.416 e. The third-order valence-corrected chi connectivity index (χ3v) is 5.61. The minimum absolute atomic E-state index is 0.0883. The molecule has 1 N–H and O–H groups in total. The first-order valence-corrected chi connectivity index (χ1v) is 12.0. The van der Waals surface area contributed by atoms with Crippen LogP contribution in [0.4, 0.5) is 19.0 Å². The van der Waals surface area contributed by atoms with E-state index >= 15 is 0 Å². The number of anilines is 1. The molecule has 2 aromatic heterocycles. The molecule has 176 valence electrons. The Morgan fingerprint density at radius 3 is 2.29 bits per heavy atom. The monoisotopic (exact) mass is 507 g/mol. The van der Waals surface area contributed by atoms with Crippen molar-refractivity contribution in [3.8, 4) is 22.4 Å². The molecule has 2 heterocycles. The molecule has 0 radical (unpaired) electrons. The van der Waals surface area contributed by atoms with E-state index in [4.69, 9.17) is 11.6 Å². The molecule has 0 aliphatic rings. The van der Waals surface area contributed by atoms with Crippen molar-refractivity contribution < 1.29 is 21.6 Å². The number of rotatable bonds is 6. The van der Waals surface area contributed by atoms with Crippen LogP contribution in [-0.4, -0.2) is 34.4 Å². The molecule has 4 aromatic rings. The molecule has 2 aromatic carbocycles. The van der Waals surface area contributed by atoms with Gasteiger partial charge in [0.1, 0.15) is 6.33 Å². The fourth-order valence-corrected chi connectivity index (χ4v) is 3.94. The zero-order chi connectivity index (χ0) is 24.5. The molecular weight excluding hydrogens is 491 g/mol. The van der Waals surface area contributed by atoms with Crippen LogP contribution >= 0.6 is 11.6 Å². The maximum atomic E-state index is 12.8. The second-order valence-electron chi connectivity index (χ2n) is 7.45. The van der Waals surface area contributed by atoms with Crippen LogP contribution in [0.5, 0.6) is 0 Å². The molecule has 0 aliphatic heterocycles. The van der Waals surface area contributed by atoms with Gasteiger partial charge in [0.25, 0.3) is 0 Å². The van der Waals surface area contributed by atoms with E-state index in [9.17, 15) is 21.6 Å². The summed E-state index contributed by atoms with van der Waals surface area (Å²) < 4.78 is 66.1. The average Bonchev–Trinajstić information content (AvgIpc) is 3.21. The second-order valence-corrected chi connectivity index (χ2v) is 9.63. The Balaban J connectivity index is 1.71. The lowest BCUT2D eigenvalue weighted by Gasteiger charge is -2.13. The van der Waals surface area contributed by atoms with Crippen molar-refractivity contribution in [2.45, 2.75) is 12.7 Å². The molecule has 7 nitrogen and oxygen atoms in total. The molecule has 0 saturated carbocycles. The van der Waals surface area contributed by atoms with E-state index in [2.05, 4.69) is 19.8 Å². The van der Waals surface area contributed by atoms with Crippen LogP contribution < -0.4 is 4.72 Å². The fraction of sp³-hybridized carbons (Fsp3) is 0.136. The number of halogens is 4. The van der Waals surface area contributed by atoms with Gasteiger partial charge >= 0.3 is 6.18 Å². The highest BCUT2D eigenvalue weighted by molar-refractivity contribution is 7.92. The molecule has 0 saturated heterocycles. The van der Waals surface area contributed by atoms with E-state index in [1.54, 1.807) is 35.1 Å². The predicted molar refractivity (Wildman–Crippen MR) is 123 cm³/mol. The highest BCUT2D eigenvalue weighted by Crippen LogP contribution is 2.36. The molecule has 0 spiro atoms. The van der Waals surface area contributed by atoms with E-state index in [0.717, 1.165) is 18.4 Å². The number of nitrogens with zero attached hydrogens (tertiary/aromatic N) is 4. The Labute approximate surface area is 198 Å². The minimum Gasteiger partial charge on any atom is -0.268 e. The topological polar surface area (TPSA) is 89.8 Å². The van der Waals surface area contributed by atoms with E-state index in [1.807, 2.05) is 0 Å². The predicted octanol–water partition coefficient (Wildman–Crippen LogP) is 5.10. The Bertz CT molecular complexity index is 1420. The normalized spacial score (nSPS) is 12.0. The lowest BCUT2D eigenvalue weighted by Crippen LogP contribution is -2.12. The van der Waals surface area contributed by atoms with Crippen LogP contribution in [0.3, 0.4) is 0 Å². The summed E-state index contributed by atoms with van der Waals surface area (Å²) in [5.41, 5.74) is 1.94. The third-order valence-electron chi connectivity index (χ3n) is 4.79. The van der Waals surface area contributed by atoms with E-state index in [-0.39, 0.29) is 12.4 Å². The number of aromatic nitrogens is 4. The molecule has 0 atom stereocenters. The van der Waals surface area contributed by atoms with Crippen LogP contribution in [0.15, 0.2) is 67.3 Å². The maximum Gasteiger partial charge on any atom is 0.416 e. The van der Waals surface area contributed by atoms with E-state index in [1.165, 1.54) is 24.7 Å². The zero-order valence-electron chi connectivity index (χ0n) is 17.6. The average molecular weight is 508 g/mol. The van der Waals surface area contributed by atoms with Gasteiger partial charge in [0.05, 0.1) is 35.8 Å². The van der Waals surface area contributed by atoms with Crippen LogP contribution in [0.1, 0.15) is 11.1 Å². The van der Waals surface area contributed by atoms with Crippen LogP contribution in [0, 0.1) is 0 Å². The maximum absolute atomic E-state index is 12.8. The summed E-state index contributed by atoms with van der Waals surface area (Å²) in [4.78, 5) is 8.44. The lowest BCUT2D eigenvalue weighted by atomic mass is 10.0. The second kappa shape index (κ2) is 9.07. The summed E-state index contributed by atoms with van der Waals surface area (Å²) in [6.07, 6.45) is 1.05. The fourth-order valence-electron chi connectivity index (χ4n) is 3.31. The van der Waals surface area contributed by atoms with Gasteiger partial charge in [0, 0.05) is 16.8 Å². The van der Waals surface area contributed by atoms with Gasteiger partial charge in [-0.1, -0.05) is 35.9 Å². The van der Waals surface area contributed by atoms with E-state index < -0.39 is 21.8 Å². The van der Waals surface area contributed by atoms with Gasteiger partial charge in [-0.05, 0) is 35.4 Å². The summed E-state index contributed by atoms with van der Waals surface area (Å²) in [6, 6.07) is 11.6. The van der Waals surface area contributed by atoms with Gasteiger partial charge < -0.3 is 0 Å². The Hall–Kier alpha value is -3.44. The summed E-state index contributed by atoms with van der Waals surface area (Å²) in [7, 11) is -3.63. The van der Waals surface area contributed by atoms with Crippen molar-refractivity contribution in [2.24, 2.45) is 0 Å².